The lowest BCUT2D eigenvalue weighted by atomic mass is 10.3. The number of rotatable bonds is 6. The van der Waals surface area contributed by atoms with Crippen LogP contribution in [0.4, 0.5) is 0 Å². The third-order valence-corrected chi connectivity index (χ3v) is 1.51. The summed E-state index contributed by atoms with van der Waals surface area (Å²) in [5.41, 5.74) is 0.901. The molecule has 74 valence electrons. The van der Waals surface area contributed by atoms with Crippen molar-refractivity contribution in [2.45, 2.75) is 6.61 Å². The zero-order valence-corrected chi connectivity index (χ0v) is 7.85. The summed E-state index contributed by atoms with van der Waals surface area (Å²) in [7, 11) is -0.349. The molecule has 1 aromatic heterocycles. The third kappa shape index (κ3) is 3.59. The van der Waals surface area contributed by atoms with Gasteiger partial charge in [0.25, 0.3) is 0 Å². The number of hydrogen-bond donors (Lipinski definition) is 1. The molecule has 4 nitrogen and oxygen atoms in total. The quantitative estimate of drug-likeness (QED) is 0.404. The highest BCUT2D eigenvalue weighted by molar-refractivity contribution is 6.17. The van der Waals surface area contributed by atoms with Crippen LogP contribution in [-0.2, 0) is 11.3 Å². The van der Waals surface area contributed by atoms with Crippen LogP contribution in [0, 0.1) is 0 Å². The van der Waals surface area contributed by atoms with E-state index in [2.05, 4.69) is 11.6 Å². The summed E-state index contributed by atoms with van der Waals surface area (Å²) >= 11 is 0. The van der Waals surface area contributed by atoms with E-state index < -0.39 is 0 Å². The Bertz CT molecular complexity index is 293. The Balaban J connectivity index is 2.50. The minimum atomic E-state index is -0.349. The molecule has 0 unspecified atom stereocenters. The average Bonchev–Trinajstić information content (AvgIpc) is 2.19. The molecular weight excluding hydrogens is 181 g/mol. The van der Waals surface area contributed by atoms with Crippen LogP contribution in [0.2, 0.25) is 0 Å². The van der Waals surface area contributed by atoms with Crippen LogP contribution >= 0.6 is 0 Å². The second kappa shape index (κ2) is 6.18. The molecule has 1 N–H and O–H groups in total. The van der Waals surface area contributed by atoms with E-state index >= 15 is 0 Å². The second-order valence-electron chi connectivity index (χ2n) is 2.61. The smallest absolute Gasteiger partial charge is 0.504 e. The highest BCUT2D eigenvalue weighted by atomic mass is 16.5. The van der Waals surface area contributed by atoms with Gasteiger partial charge in [0.05, 0.1) is 19.4 Å². The molecule has 0 fully saturated rings. The standard InChI is InChI=1S/C9H12BNO3/c1-2-3-13-7-8-4-9(14-10-12)6-11-5-8/h2,4-6,10,12H,1,3,7H2. The Morgan fingerprint density at radius 3 is 3.14 bits per heavy atom. The van der Waals surface area contributed by atoms with Gasteiger partial charge in [0.1, 0.15) is 5.75 Å². The van der Waals surface area contributed by atoms with Gasteiger partial charge in [-0.25, -0.2) is 0 Å². The Labute approximate surface area is 83.5 Å². The predicted octanol–water partition coefficient (Wildman–Crippen LogP) is 0.422. The Kier molecular flexibility index (Phi) is 4.75. The number of ether oxygens (including phenoxy) is 1. The third-order valence-electron chi connectivity index (χ3n) is 1.51. The lowest BCUT2D eigenvalue weighted by Gasteiger charge is -2.04. The van der Waals surface area contributed by atoms with Gasteiger partial charge in [-0.1, -0.05) is 6.08 Å². The topological polar surface area (TPSA) is 51.6 Å². The van der Waals surface area contributed by atoms with E-state index in [9.17, 15) is 0 Å². The minimum Gasteiger partial charge on any atom is -0.538 e. The van der Waals surface area contributed by atoms with E-state index in [0.29, 0.717) is 19.0 Å². The first-order valence-electron chi connectivity index (χ1n) is 4.23. The fraction of sp³-hybridized carbons (Fsp3) is 0.222. The van der Waals surface area contributed by atoms with E-state index in [-0.39, 0.29) is 7.69 Å². The van der Waals surface area contributed by atoms with Crippen molar-refractivity contribution in [3.63, 3.8) is 0 Å². The largest absolute Gasteiger partial charge is 0.538 e. The minimum absolute atomic E-state index is 0.349. The van der Waals surface area contributed by atoms with Crippen LogP contribution < -0.4 is 4.65 Å². The number of hydrogen-bond acceptors (Lipinski definition) is 4. The van der Waals surface area contributed by atoms with Crippen molar-refractivity contribution in [2.24, 2.45) is 0 Å². The Morgan fingerprint density at radius 2 is 2.43 bits per heavy atom. The molecule has 0 atom stereocenters. The predicted molar refractivity (Wildman–Crippen MR) is 54.1 cm³/mol. The van der Waals surface area contributed by atoms with Gasteiger partial charge in [0.2, 0.25) is 0 Å². The lowest BCUT2D eigenvalue weighted by molar-refractivity contribution is 0.148. The molecule has 5 heteroatoms. The summed E-state index contributed by atoms with van der Waals surface area (Å²) in [5, 5.41) is 8.53. The van der Waals surface area contributed by atoms with E-state index in [1.165, 1.54) is 6.20 Å². The summed E-state index contributed by atoms with van der Waals surface area (Å²) in [6.45, 7) is 4.51. The van der Waals surface area contributed by atoms with Gasteiger partial charge >= 0.3 is 7.69 Å². The van der Waals surface area contributed by atoms with E-state index in [1.54, 1.807) is 18.3 Å². The first kappa shape index (κ1) is 10.8. The van der Waals surface area contributed by atoms with Crippen molar-refractivity contribution in [1.29, 1.82) is 0 Å². The molecule has 1 rings (SSSR count). The van der Waals surface area contributed by atoms with Gasteiger partial charge in [-0.3, -0.25) is 4.98 Å². The zero-order valence-electron chi connectivity index (χ0n) is 7.85. The van der Waals surface area contributed by atoms with E-state index in [0.717, 1.165) is 5.56 Å². The van der Waals surface area contributed by atoms with Crippen LogP contribution in [0.1, 0.15) is 5.56 Å². The summed E-state index contributed by atoms with van der Waals surface area (Å²) < 4.78 is 10.1. The van der Waals surface area contributed by atoms with Gasteiger partial charge in [0, 0.05) is 6.20 Å². The van der Waals surface area contributed by atoms with Gasteiger partial charge in [-0.15, -0.1) is 6.58 Å². The van der Waals surface area contributed by atoms with Crippen molar-refractivity contribution in [3.05, 3.63) is 36.7 Å². The highest BCUT2D eigenvalue weighted by Crippen LogP contribution is 2.11. The van der Waals surface area contributed by atoms with Crippen LogP contribution in [-0.4, -0.2) is 24.3 Å². The molecular formula is C9H12BNO3. The monoisotopic (exact) mass is 193 g/mol. The molecule has 0 spiro atoms. The van der Waals surface area contributed by atoms with Crippen LogP contribution in [0.3, 0.4) is 0 Å². The first-order chi connectivity index (χ1) is 6.86. The summed E-state index contributed by atoms with van der Waals surface area (Å²) in [4.78, 5) is 3.94. The van der Waals surface area contributed by atoms with E-state index in [1.807, 2.05) is 0 Å². The van der Waals surface area contributed by atoms with E-state index in [4.69, 9.17) is 14.4 Å². The molecule has 0 saturated carbocycles. The lowest BCUT2D eigenvalue weighted by Crippen LogP contribution is -2.01. The van der Waals surface area contributed by atoms with Crippen molar-refractivity contribution < 1.29 is 14.4 Å². The fourth-order valence-corrected chi connectivity index (χ4v) is 0.956. The summed E-state index contributed by atoms with van der Waals surface area (Å²) in [5.74, 6) is 0.534. The van der Waals surface area contributed by atoms with Gasteiger partial charge < -0.3 is 14.4 Å². The molecule has 0 aliphatic carbocycles. The van der Waals surface area contributed by atoms with Crippen molar-refractivity contribution >= 4 is 7.69 Å². The van der Waals surface area contributed by atoms with Crippen LogP contribution in [0.15, 0.2) is 31.1 Å². The Morgan fingerprint density at radius 1 is 1.57 bits per heavy atom. The molecule has 0 aliphatic rings. The molecule has 0 aromatic carbocycles. The van der Waals surface area contributed by atoms with Crippen molar-refractivity contribution in [3.8, 4) is 5.75 Å². The molecule has 0 aliphatic heterocycles. The van der Waals surface area contributed by atoms with Crippen LogP contribution in [0.25, 0.3) is 0 Å². The second-order valence-corrected chi connectivity index (χ2v) is 2.61. The van der Waals surface area contributed by atoms with Crippen molar-refractivity contribution in [2.75, 3.05) is 6.61 Å². The maximum Gasteiger partial charge on any atom is 0.504 e. The van der Waals surface area contributed by atoms with Gasteiger partial charge in [-0.05, 0) is 11.6 Å². The maximum absolute atomic E-state index is 8.53. The summed E-state index contributed by atoms with van der Waals surface area (Å²) in [6, 6.07) is 1.77. The van der Waals surface area contributed by atoms with Gasteiger partial charge in [0.15, 0.2) is 0 Å². The highest BCUT2D eigenvalue weighted by Gasteiger charge is 1.97. The maximum atomic E-state index is 8.53. The first-order valence-corrected chi connectivity index (χ1v) is 4.23. The fourth-order valence-electron chi connectivity index (χ4n) is 0.956. The zero-order chi connectivity index (χ0) is 10.2. The van der Waals surface area contributed by atoms with Crippen molar-refractivity contribution in [1.82, 2.24) is 4.98 Å². The Hall–Kier alpha value is -1.33. The van der Waals surface area contributed by atoms with Crippen LogP contribution in [0.5, 0.6) is 5.75 Å². The molecule has 0 radical (unpaired) electrons. The average molecular weight is 193 g/mol. The number of nitrogens with zero attached hydrogens (tertiary/aromatic N) is 1. The summed E-state index contributed by atoms with van der Waals surface area (Å²) in [6.07, 6.45) is 4.90. The number of pyridine rings is 1. The molecule has 0 saturated heterocycles. The molecule has 14 heavy (non-hydrogen) atoms. The van der Waals surface area contributed by atoms with Gasteiger partial charge in [-0.2, -0.15) is 0 Å². The normalized spacial score (nSPS) is 9.50. The molecule has 1 heterocycles. The SMILES string of the molecule is C=CCOCc1cncc(OBO)c1. The molecule has 0 bridgehead atoms. The molecule has 1 aromatic rings. The number of aromatic nitrogens is 1. The molecule has 0 amide bonds.